The van der Waals surface area contributed by atoms with Gasteiger partial charge in [0.1, 0.15) is 5.56 Å². The second kappa shape index (κ2) is 9.19. The van der Waals surface area contributed by atoms with E-state index in [0.29, 0.717) is 33.6 Å². The highest BCUT2D eigenvalue weighted by Gasteiger charge is 2.26. The first-order chi connectivity index (χ1) is 17.0. The van der Waals surface area contributed by atoms with Crippen LogP contribution in [0.3, 0.4) is 0 Å². The molecule has 2 heterocycles. The smallest absolute Gasteiger partial charge is 0.282 e. The number of carbonyl (C=O) groups is 1. The van der Waals surface area contributed by atoms with E-state index in [4.69, 9.17) is 10.5 Å². The fourth-order valence-corrected chi connectivity index (χ4v) is 4.28. The third kappa shape index (κ3) is 4.22. The Morgan fingerprint density at radius 3 is 2.63 bits per heavy atom. The molecule has 3 N–H and O–H groups in total. The first kappa shape index (κ1) is 22.5. The number of nitrogen functional groups attached to an aromatic ring is 1. The lowest BCUT2D eigenvalue weighted by Gasteiger charge is -2.28. The number of hydroxylamine groups is 2. The third-order valence-corrected chi connectivity index (χ3v) is 6.41. The average Bonchev–Trinajstić information content (AvgIpc) is 2.85. The topological polar surface area (TPSA) is 124 Å². The number of para-hydroxylation sites is 1. The number of anilines is 1. The summed E-state index contributed by atoms with van der Waals surface area (Å²) in [5, 5.41) is 11.5. The van der Waals surface area contributed by atoms with Crippen LogP contribution in [0.5, 0.6) is 5.88 Å². The summed E-state index contributed by atoms with van der Waals surface area (Å²) in [7, 11) is 1.42. The molecule has 1 saturated carbocycles. The first-order valence-corrected chi connectivity index (χ1v) is 11.4. The van der Waals surface area contributed by atoms with Gasteiger partial charge in [0.05, 0.1) is 30.2 Å². The lowest BCUT2D eigenvalue weighted by Crippen LogP contribution is -2.35. The van der Waals surface area contributed by atoms with Gasteiger partial charge in [-0.1, -0.05) is 30.7 Å². The zero-order valence-corrected chi connectivity index (χ0v) is 19.2. The number of nitrogens with two attached hydrogens (primary N) is 1. The number of nitrogens with zero attached hydrogens (tertiary/aromatic N) is 4. The molecule has 1 aliphatic carbocycles. The summed E-state index contributed by atoms with van der Waals surface area (Å²) in [5.41, 5.74) is 8.26. The van der Waals surface area contributed by atoms with E-state index < -0.39 is 5.91 Å². The van der Waals surface area contributed by atoms with Crippen molar-refractivity contribution >= 4 is 22.8 Å². The molecular weight excluding hydrogens is 446 g/mol. The van der Waals surface area contributed by atoms with Gasteiger partial charge in [-0.2, -0.15) is 0 Å². The van der Waals surface area contributed by atoms with Gasteiger partial charge in [-0.25, -0.2) is 19.6 Å². The molecule has 0 saturated heterocycles. The zero-order valence-electron chi connectivity index (χ0n) is 19.2. The van der Waals surface area contributed by atoms with Crippen LogP contribution in [0, 0.1) is 5.92 Å². The van der Waals surface area contributed by atoms with Crippen molar-refractivity contribution in [2.45, 2.75) is 19.3 Å². The number of carbonyl (C=O) groups excluding carboxylic acids is 1. The van der Waals surface area contributed by atoms with Crippen LogP contribution in [0.4, 0.5) is 5.95 Å². The van der Waals surface area contributed by atoms with E-state index in [1.807, 2.05) is 18.2 Å². The minimum Gasteiger partial charge on any atom is -0.480 e. The maximum absolute atomic E-state index is 13.3. The van der Waals surface area contributed by atoms with E-state index in [2.05, 4.69) is 9.97 Å². The molecule has 35 heavy (non-hydrogen) atoms. The predicted molar refractivity (Wildman–Crippen MR) is 132 cm³/mol. The van der Waals surface area contributed by atoms with Crippen LogP contribution < -0.4 is 16.0 Å². The van der Waals surface area contributed by atoms with Crippen LogP contribution in [0.15, 0.2) is 65.6 Å². The van der Waals surface area contributed by atoms with Crippen LogP contribution in [-0.2, 0) is 0 Å². The maximum Gasteiger partial charge on any atom is 0.282 e. The lowest BCUT2D eigenvalue weighted by atomic mass is 9.85. The fraction of sp³-hybridized carbons (Fsp3) is 0.231. The van der Waals surface area contributed by atoms with Crippen molar-refractivity contribution in [3.8, 4) is 22.7 Å². The minimum atomic E-state index is -0.579. The molecule has 9 nitrogen and oxygen atoms in total. The van der Waals surface area contributed by atoms with Crippen molar-refractivity contribution in [3.05, 3.63) is 76.7 Å². The Balaban J connectivity index is 1.56. The van der Waals surface area contributed by atoms with Gasteiger partial charge in [-0.05, 0) is 54.7 Å². The van der Waals surface area contributed by atoms with Gasteiger partial charge in [0.2, 0.25) is 11.8 Å². The minimum absolute atomic E-state index is 0.0925. The van der Waals surface area contributed by atoms with Crippen molar-refractivity contribution < 1.29 is 14.7 Å². The van der Waals surface area contributed by atoms with Crippen molar-refractivity contribution in [1.29, 1.82) is 0 Å². The molecule has 0 atom stereocenters. The van der Waals surface area contributed by atoms with Gasteiger partial charge >= 0.3 is 0 Å². The molecule has 0 spiro atoms. The molecule has 1 fully saturated rings. The number of hydrogen-bond donors (Lipinski definition) is 2. The number of fused-ring (bicyclic) bond motifs is 1. The Hall–Kier alpha value is -4.24. The molecule has 2 aromatic carbocycles. The molecule has 5 rings (SSSR count). The van der Waals surface area contributed by atoms with Gasteiger partial charge in [-0.15, -0.1) is 0 Å². The largest absolute Gasteiger partial charge is 0.480 e. The fourth-order valence-electron chi connectivity index (χ4n) is 4.28. The molecule has 2 aromatic heterocycles. The quantitative estimate of drug-likeness (QED) is 0.325. The Bertz CT molecular complexity index is 1460. The number of pyridine rings is 1. The second-order valence-electron chi connectivity index (χ2n) is 8.64. The van der Waals surface area contributed by atoms with Crippen LogP contribution >= 0.6 is 0 Å². The van der Waals surface area contributed by atoms with E-state index >= 15 is 0 Å². The standard InChI is InChI=1S/C26H25N5O4/c1-35-23-21(24(32)30(34)15-16-6-5-7-16)13-18(14-28-23)17-10-11-22-20(12-17)25(33)31(26(27)29-22)19-8-3-2-4-9-19/h2-4,8-14,16,34H,5-7,15H2,1H3,(H2,27,29). The van der Waals surface area contributed by atoms with E-state index in [0.717, 1.165) is 24.3 Å². The summed E-state index contributed by atoms with van der Waals surface area (Å²) in [6.45, 7) is 0.272. The molecule has 0 radical (unpaired) electrons. The number of hydrogen-bond acceptors (Lipinski definition) is 7. The summed E-state index contributed by atoms with van der Waals surface area (Å²) in [6, 6.07) is 15.9. The average molecular weight is 472 g/mol. The first-order valence-electron chi connectivity index (χ1n) is 11.4. The Morgan fingerprint density at radius 1 is 1.17 bits per heavy atom. The number of aromatic nitrogens is 3. The number of methoxy groups -OCH3 is 1. The van der Waals surface area contributed by atoms with E-state index in [9.17, 15) is 14.8 Å². The normalized spacial score (nSPS) is 13.4. The zero-order chi connectivity index (χ0) is 24.5. The van der Waals surface area contributed by atoms with Crippen molar-refractivity contribution in [1.82, 2.24) is 19.6 Å². The molecule has 1 aliphatic rings. The number of ether oxygens (including phenoxy) is 1. The SMILES string of the molecule is COc1ncc(-c2ccc3nc(N)n(-c4ccccc4)c(=O)c3c2)cc1C(=O)N(O)CC1CCC1. The van der Waals surface area contributed by atoms with Gasteiger partial charge in [0.15, 0.2) is 0 Å². The predicted octanol–water partition coefficient (Wildman–Crippen LogP) is 3.67. The summed E-state index contributed by atoms with van der Waals surface area (Å²) in [4.78, 5) is 35.0. The molecule has 0 unspecified atom stereocenters. The van der Waals surface area contributed by atoms with Gasteiger partial charge in [0.25, 0.3) is 11.5 Å². The number of benzene rings is 2. The summed E-state index contributed by atoms with van der Waals surface area (Å²) < 4.78 is 6.63. The Labute approximate surface area is 201 Å². The maximum atomic E-state index is 13.3. The number of rotatable bonds is 6. The van der Waals surface area contributed by atoms with Gasteiger partial charge in [-0.3, -0.25) is 14.8 Å². The molecule has 4 aromatic rings. The van der Waals surface area contributed by atoms with Crippen molar-refractivity contribution in [3.63, 3.8) is 0 Å². The van der Waals surface area contributed by atoms with Crippen molar-refractivity contribution in [2.24, 2.45) is 5.92 Å². The molecular formula is C26H25N5O4. The second-order valence-corrected chi connectivity index (χ2v) is 8.64. The van der Waals surface area contributed by atoms with Gasteiger partial charge in [0, 0.05) is 11.8 Å². The summed E-state index contributed by atoms with van der Waals surface area (Å²) in [6.07, 6.45) is 4.66. The molecule has 9 heteroatoms. The number of amides is 1. The van der Waals surface area contributed by atoms with Crippen LogP contribution in [-0.4, -0.2) is 44.4 Å². The Morgan fingerprint density at radius 2 is 1.94 bits per heavy atom. The molecule has 0 aliphatic heterocycles. The molecule has 1 amide bonds. The monoisotopic (exact) mass is 471 g/mol. The summed E-state index contributed by atoms with van der Waals surface area (Å²) in [5.74, 6) is -0.0638. The van der Waals surface area contributed by atoms with E-state index in [-0.39, 0.29) is 29.5 Å². The van der Waals surface area contributed by atoms with Crippen LogP contribution in [0.2, 0.25) is 0 Å². The summed E-state index contributed by atoms with van der Waals surface area (Å²) >= 11 is 0. The Kier molecular flexibility index (Phi) is 5.92. The highest BCUT2D eigenvalue weighted by Crippen LogP contribution is 2.30. The third-order valence-electron chi connectivity index (χ3n) is 6.41. The molecule has 0 bridgehead atoms. The van der Waals surface area contributed by atoms with Crippen LogP contribution in [0.25, 0.3) is 27.7 Å². The highest BCUT2D eigenvalue weighted by atomic mass is 16.5. The van der Waals surface area contributed by atoms with Crippen molar-refractivity contribution in [2.75, 3.05) is 19.4 Å². The van der Waals surface area contributed by atoms with Crippen LogP contribution in [0.1, 0.15) is 29.6 Å². The van der Waals surface area contributed by atoms with Gasteiger partial charge < -0.3 is 10.5 Å². The molecule has 178 valence electrons. The van der Waals surface area contributed by atoms with E-state index in [1.54, 1.807) is 42.6 Å². The lowest BCUT2D eigenvalue weighted by molar-refractivity contribution is -0.0737. The highest BCUT2D eigenvalue weighted by molar-refractivity contribution is 5.97. The van der Waals surface area contributed by atoms with E-state index in [1.165, 1.54) is 11.7 Å².